The Morgan fingerprint density at radius 3 is 2.33 bits per heavy atom. The first-order valence-corrected chi connectivity index (χ1v) is 6.89. The molecule has 7 heteroatoms. The van der Waals surface area contributed by atoms with E-state index in [1.807, 2.05) is 0 Å². The van der Waals surface area contributed by atoms with E-state index in [0.717, 1.165) is 11.3 Å². The molecule has 2 rings (SSSR count). The molecule has 0 atom stereocenters. The van der Waals surface area contributed by atoms with Crippen molar-refractivity contribution in [1.29, 1.82) is 0 Å². The molecule has 1 heterocycles. The Balaban J connectivity index is 2.24. The third-order valence-electron chi connectivity index (χ3n) is 2.97. The lowest BCUT2D eigenvalue weighted by molar-refractivity contribution is 0.100. The first-order valence-electron chi connectivity index (χ1n) is 6.08. The molecule has 0 fully saturated rings. The summed E-state index contributed by atoms with van der Waals surface area (Å²) < 4.78 is 5.04. The number of nitrogen functional groups attached to an aromatic ring is 1. The van der Waals surface area contributed by atoms with Crippen LogP contribution >= 0.6 is 11.3 Å². The Morgan fingerprint density at radius 1 is 1.24 bits per heavy atom. The van der Waals surface area contributed by atoms with E-state index < -0.39 is 5.91 Å². The molecule has 21 heavy (non-hydrogen) atoms. The molecular formula is C14H15N3O3S. The number of amides is 2. The molecule has 0 saturated carbocycles. The fourth-order valence-corrected chi connectivity index (χ4v) is 2.90. The number of nitrogens with two attached hydrogens (primary N) is 2. The quantitative estimate of drug-likeness (QED) is 0.802. The Hall–Kier alpha value is -2.54. The molecular weight excluding hydrogens is 290 g/mol. The van der Waals surface area contributed by atoms with Gasteiger partial charge in [-0.05, 0) is 36.8 Å². The second kappa shape index (κ2) is 5.84. The zero-order valence-electron chi connectivity index (χ0n) is 11.6. The molecule has 0 aliphatic carbocycles. The molecule has 1 aromatic heterocycles. The van der Waals surface area contributed by atoms with E-state index >= 15 is 0 Å². The highest BCUT2D eigenvalue weighted by molar-refractivity contribution is 7.18. The molecule has 110 valence electrons. The minimum atomic E-state index is -0.634. The maximum absolute atomic E-state index is 12.2. The van der Waals surface area contributed by atoms with E-state index in [0.29, 0.717) is 21.9 Å². The number of nitrogens with one attached hydrogen (secondary N) is 1. The van der Waals surface area contributed by atoms with E-state index in [4.69, 9.17) is 16.2 Å². The molecule has 5 N–H and O–H groups in total. The van der Waals surface area contributed by atoms with Crippen molar-refractivity contribution in [1.82, 2.24) is 0 Å². The van der Waals surface area contributed by atoms with Crippen molar-refractivity contribution in [2.75, 3.05) is 18.2 Å². The molecule has 0 spiro atoms. The van der Waals surface area contributed by atoms with Crippen LogP contribution in [0.5, 0.6) is 5.75 Å². The van der Waals surface area contributed by atoms with Crippen LogP contribution in [-0.4, -0.2) is 18.9 Å². The van der Waals surface area contributed by atoms with E-state index in [1.54, 1.807) is 38.3 Å². The van der Waals surface area contributed by atoms with Gasteiger partial charge in [-0.2, -0.15) is 0 Å². The third-order valence-corrected chi connectivity index (χ3v) is 4.09. The maximum Gasteiger partial charge on any atom is 0.266 e. The summed E-state index contributed by atoms with van der Waals surface area (Å²) in [5.41, 5.74) is 12.3. The molecule has 0 radical (unpaired) electrons. The lowest BCUT2D eigenvalue weighted by atomic mass is 10.1. The summed E-state index contributed by atoms with van der Waals surface area (Å²) >= 11 is 1.04. The number of hydrogen-bond donors (Lipinski definition) is 3. The maximum atomic E-state index is 12.2. The minimum absolute atomic E-state index is 0.208. The van der Waals surface area contributed by atoms with Crippen LogP contribution in [-0.2, 0) is 0 Å². The molecule has 6 nitrogen and oxygen atoms in total. The van der Waals surface area contributed by atoms with Crippen LogP contribution < -0.4 is 21.5 Å². The van der Waals surface area contributed by atoms with Gasteiger partial charge in [-0.1, -0.05) is 0 Å². The minimum Gasteiger partial charge on any atom is -0.497 e. The van der Waals surface area contributed by atoms with Gasteiger partial charge in [-0.15, -0.1) is 11.3 Å². The summed E-state index contributed by atoms with van der Waals surface area (Å²) in [4.78, 5) is 23.9. The Bertz CT molecular complexity index is 692. The SMILES string of the molecule is COc1ccc(NC(=O)c2sc(N)c(C(N)=O)c2C)cc1. The van der Waals surface area contributed by atoms with Gasteiger partial charge in [-0.25, -0.2) is 0 Å². The van der Waals surface area contributed by atoms with E-state index in [9.17, 15) is 9.59 Å². The average molecular weight is 305 g/mol. The number of anilines is 2. The number of thiophene rings is 1. The van der Waals surface area contributed by atoms with Gasteiger partial charge in [0.15, 0.2) is 0 Å². The van der Waals surface area contributed by atoms with Crippen LogP contribution in [0.25, 0.3) is 0 Å². The number of benzene rings is 1. The van der Waals surface area contributed by atoms with Crippen molar-refractivity contribution in [3.05, 3.63) is 40.3 Å². The second-order valence-corrected chi connectivity index (χ2v) is 5.39. The zero-order valence-corrected chi connectivity index (χ0v) is 12.4. The van der Waals surface area contributed by atoms with Crippen LogP contribution in [0, 0.1) is 6.92 Å². The molecule has 1 aromatic carbocycles. The zero-order chi connectivity index (χ0) is 15.6. The largest absolute Gasteiger partial charge is 0.497 e. The number of methoxy groups -OCH3 is 1. The molecule has 0 aliphatic rings. The van der Waals surface area contributed by atoms with E-state index in [1.165, 1.54) is 0 Å². The van der Waals surface area contributed by atoms with E-state index in [2.05, 4.69) is 5.32 Å². The third kappa shape index (κ3) is 2.97. The lowest BCUT2D eigenvalue weighted by Gasteiger charge is -2.06. The van der Waals surface area contributed by atoms with Crippen molar-refractivity contribution < 1.29 is 14.3 Å². The second-order valence-electron chi connectivity index (χ2n) is 4.34. The first kappa shape index (κ1) is 14.9. The van der Waals surface area contributed by atoms with Crippen molar-refractivity contribution in [2.24, 2.45) is 5.73 Å². The van der Waals surface area contributed by atoms with Gasteiger partial charge < -0.3 is 21.5 Å². The summed E-state index contributed by atoms with van der Waals surface area (Å²) in [7, 11) is 1.57. The standard InChI is InChI=1S/C14H15N3O3S/c1-7-10(12(15)18)13(16)21-11(7)14(19)17-8-3-5-9(20-2)6-4-8/h3-6H,16H2,1-2H3,(H2,15,18)(H,17,19). The number of carbonyl (C=O) groups is 2. The monoisotopic (exact) mass is 305 g/mol. The number of primary amides is 1. The smallest absolute Gasteiger partial charge is 0.266 e. The molecule has 0 aliphatic heterocycles. The summed E-state index contributed by atoms with van der Waals surface area (Å²) in [6.07, 6.45) is 0. The fraction of sp³-hybridized carbons (Fsp3) is 0.143. The van der Waals surface area contributed by atoms with Crippen LogP contribution in [0.3, 0.4) is 0 Å². The van der Waals surface area contributed by atoms with Gasteiger partial charge in [0.25, 0.3) is 11.8 Å². The van der Waals surface area contributed by atoms with Gasteiger partial charge in [0, 0.05) is 5.69 Å². The highest BCUT2D eigenvalue weighted by atomic mass is 32.1. The van der Waals surface area contributed by atoms with Crippen molar-refractivity contribution in [3.63, 3.8) is 0 Å². The number of ether oxygens (including phenoxy) is 1. The summed E-state index contributed by atoms with van der Waals surface area (Å²) in [6.45, 7) is 1.65. The summed E-state index contributed by atoms with van der Waals surface area (Å²) in [5, 5.41) is 2.99. The Morgan fingerprint density at radius 2 is 1.86 bits per heavy atom. The van der Waals surface area contributed by atoms with Crippen LogP contribution in [0.15, 0.2) is 24.3 Å². The molecule has 2 aromatic rings. The fourth-order valence-electron chi connectivity index (χ4n) is 1.92. The van der Waals surface area contributed by atoms with E-state index in [-0.39, 0.29) is 16.5 Å². The topological polar surface area (TPSA) is 107 Å². The van der Waals surface area contributed by atoms with Gasteiger partial charge in [0.2, 0.25) is 0 Å². The predicted octanol–water partition coefficient (Wildman–Crippen LogP) is 2.00. The number of carbonyl (C=O) groups excluding carboxylic acids is 2. The first-order chi connectivity index (χ1) is 9.93. The number of rotatable bonds is 4. The highest BCUT2D eigenvalue weighted by Gasteiger charge is 2.21. The normalized spacial score (nSPS) is 10.2. The molecule has 0 bridgehead atoms. The van der Waals surface area contributed by atoms with Crippen molar-refractivity contribution in [2.45, 2.75) is 6.92 Å². The summed E-state index contributed by atoms with van der Waals surface area (Å²) in [6, 6.07) is 6.91. The Labute approximate surface area is 125 Å². The van der Waals surface area contributed by atoms with Gasteiger partial charge in [-0.3, -0.25) is 9.59 Å². The summed E-state index contributed by atoms with van der Waals surface area (Å²) in [5.74, 6) is -0.271. The van der Waals surface area contributed by atoms with Crippen molar-refractivity contribution in [3.8, 4) is 5.75 Å². The average Bonchev–Trinajstić information content (AvgIpc) is 2.75. The molecule has 2 amide bonds. The van der Waals surface area contributed by atoms with Crippen molar-refractivity contribution >= 4 is 33.8 Å². The van der Waals surface area contributed by atoms with Gasteiger partial charge >= 0.3 is 0 Å². The van der Waals surface area contributed by atoms with Gasteiger partial charge in [0.1, 0.15) is 5.75 Å². The van der Waals surface area contributed by atoms with Crippen LogP contribution in [0.4, 0.5) is 10.7 Å². The van der Waals surface area contributed by atoms with Crippen LogP contribution in [0.1, 0.15) is 25.6 Å². The lowest BCUT2D eigenvalue weighted by Crippen LogP contribution is -2.15. The molecule has 0 unspecified atom stereocenters. The van der Waals surface area contributed by atoms with Crippen LogP contribution in [0.2, 0.25) is 0 Å². The molecule has 0 saturated heterocycles. The number of hydrogen-bond acceptors (Lipinski definition) is 5. The highest BCUT2D eigenvalue weighted by Crippen LogP contribution is 2.30. The Kier molecular flexibility index (Phi) is 4.13. The predicted molar refractivity (Wildman–Crippen MR) is 82.9 cm³/mol. The van der Waals surface area contributed by atoms with Gasteiger partial charge in [0.05, 0.1) is 22.6 Å².